The van der Waals surface area contributed by atoms with E-state index in [1.807, 2.05) is 0 Å². The first-order chi connectivity index (χ1) is 8.81. The zero-order valence-electron chi connectivity index (χ0n) is 11.7. The van der Waals surface area contributed by atoms with E-state index in [1.54, 1.807) is 0 Å². The molecule has 0 saturated heterocycles. The van der Waals surface area contributed by atoms with Gasteiger partial charge in [-0.05, 0) is 43.4 Å². The van der Waals surface area contributed by atoms with Crippen LogP contribution >= 0.6 is 0 Å². The van der Waals surface area contributed by atoms with E-state index < -0.39 is 12.8 Å². The highest BCUT2D eigenvalue weighted by Gasteiger charge is 2.30. The molecule has 3 nitrogen and oxygen atoms in total. The molecule has 1 aliphatic carbocycles. The molecule has 0 aromatic carbocycles. The lowest BCUT2D eigenvalue weighted by Gasteiger charge is -2.36. The molecular formula is C13H25F3N2O. The Labute approximate surface area is 113 Å². The minimum Gasteiger partial charge on any atom is -0.372 e. The molecule has 0 radical (unpaired) electrons. The number of alkyl halides is 3. The zero-order chi connectivity index (χ0) is 14.5. The first kappa shape index (κ1) is 16.7. The summed E-state index contributed by atoms with van der Waals surface area (Å²) in [5.74, 6) is 7.27. The van der Waals surface area contributed by atoms with E-state index in [9.17, 15) is 13.2 Å². The molecule has 1 rings (SSSR count). The Bertz CT molecular complexity index is 251. The minimum atomic E-state index is -4.25. The molecule has 0 amide bonds. The highest BCUT2D eigenvalue weighted by Crippen LogP contribution is 2.35. The van der Waals surface area contributed by atoms with Crippen molar-refractivity contribution < 1.29 is 17.9 Å². The highest BCUT2D eigenvalue weighted by molar-refractivity contribution is 4.82. The third kappa shape index (κ3) is 6.58. The lowest BCUT2D eigenvalue weighted by Crippen LogP contribution is -2.44. The molecule has 3 unspecified atom stereocenters. The molecule has 0 bridgehead atoms. The van der Waals surface area contributed by atoms with Crippen molar-refractivity contribution >= 4 is 0 Å². The van der Waals surface area contributed by atoms with Gasteiger partial charge in [0.05, 0.1) is 0 Å². The molecule has 0 aliphatic heterocycles. The van der Waals surface area contributed by atoms with Gasteiger partial charge in [0.25, 0.3) is 0 Å². The van der Waals surface area contributed by atoms with Crippen molar-refractivity contribution in [1.29, 1.82) is 0 Å². The van der Waals surface area contributed by atoms with Crippen molar-refractivity contribution in [2.24, 2.45) is 23.6 Å². The Morgan fingerprint density at radius 1 is 1.21 bits per heavy atom. The topological polar surface area (TPSA) is 47.3 Å². The second-order valence-electron chi connectivity index (χ2n) is 5.91. The quantitative estimate of drug-likeness (QED) is 0.447. The molecule has 1 fully saturated rings. The van der Waals surface area contributed by atoms with E-state index in [-0.39, 0.29) is 12.6 Å². The lowest BCUT2D eigenvalue weighted by molar-refractivity contribution is -0.174. The van der Waals surface area contributed by atoms with Crippen LogP contribution < -0.4 is 11.3 Å². The molecule has 1 saturated carbocycles. The number of hydrogen-bond acceptors (Lipinski definition) is 3. The fraction of sp³-hybridized carbons (Fsp3) is 1.00. The van der Waals surface area contributed by atoms with Crippen LogP contribution in [0.1, 0.15) is 39.5 Å². The van der Waals surface area contributed by atoms with Crippen LogP contribution in [0.3, 0.4) is 0 Å². The first-order valence-corrected chi connectivity index (χ1v) is 6.92. The van der Waals surface area contributed by atoms with Gasteiger partial charge in [-0.25, -0.2) is 0 Å². The third-order valence-corrected chi connectivity index (χ3v) is 3.84. The minimum absolute atomic E-state index is 0.0402. The lowest BCUT2D eigenvalue weighted by atomic mass is 9.73. The van der Waals surface area contributed by atoms with Crippen LogP contribution in [0.5, 0.6) is 0 Å². The van der Waals surface area contributed by atoms with Crippen molar-refractivity contribution in [3.05, 3.63) is 0 Å². The Kier molecular flexibility index (Phi) is 6.56. The van der Waals surface area contributed by atoms with Crippen LogP contribution in [-0.2, 0) is 4.74 Å². The van der Waals surface area contributed by atoms with Gasteiger partial charge in [0, 0.05) is 12.6 Å². The Morgan fingerprint density at radius 2 is 1.79 bits per heavy atom. The number of hydrazine groups is 1. The van der Waals surface area contributed by atoms with Crippen molar-refractivity contribution in [1.82, 2.24) is 5.43 Å². The molecule has 3 atom stereocenters. The molecule has 114 valence electrons. The van der Waals surface area contributed by atoms with E-state index in [2.05, 4.69) is 24.0 Å². The first-order valence-electron chi connectivity index (χ1n) is 6.92. The molecule has 0 heterocycles. The summed E-state index contributed by atoms with van der Waals surface area (Å²) in [6, 6.07) is 0.0402. The standard InChI is InChI=1S/C13H25F3N2O/c1-9-5-10(2)7-11(6-9)12(18-17)3-4-19-8-13(14,15)16/h9-12,18H,3-8,17H2,1-2H3. The van der Waals surface area contributed by atoms with Crippen LogP contribution in [0.15, 0.2) is 0 Å². The largest absolute Gasteiger partial charge is 0.411 e. The van der Waals surface area contributed by atoms with Gasteiger partial charge in [0.2, 0.25) is 0 Å². The molecule has 6 heteroatoms. The maximum absolute atomic E-state index is 12.0. The number of nitrogens with one attached hydrogen (secondary N) is 1. The summed E-state index contributed by atoms with van der Waals surface area (Å²) >= 11 is 0. The van der Waals surface area contributed by atoms with Crippen LogP contribution in [0.4, 0.5) is 13.2 Å². The van der Waals surface area contributed by atoms with Gasteiger partial charge in [-0.2, -0.15) is 13.2 Å². The molecule has 1 aliphatic rings. The summed E-state index contributed by atoms with van der Waals surface area (Å²) in [7, 11) is 0. The third-order valence-electron chi connectivity index (χ3n) is 3.84. The van der Waals surface area contributed by atoms with Crippen LogP contribution in [0, 0.1) is 17.8 Å². The summed E-state index contributed by atoms with van der Waals surface area (Å²) in [5.41, 5.74) is 2.75. The van der Waals surface area contributed by atoms with E-state index in [0.717, 1.165) is 12.8 Å². The maximum Gasteiger partial charge on any atom is 0.411 e. The fourth-order valence-corrected chi connectivity index (χ4v) is 3.19. The van der Waals surface area contributed by atoms with Crippen molar-refractivity contribution in [3.8, 4) is 0 Å². The average molecular weight is 282 g/mol. The number of nitrogens with two attached hydrogens (primary N) is 1. The molecule has 0 spiro atoms. The zero-order valence-corrected chi connectivity index (χ0v) is 11.7. The number of hydrogen-bond donors (Lipinski definition) is 2. The monoisotopic (exact) mass is 282 g/mol. The Hall–Kier alpha value is -0.330. The summed E-state index contributed by atoms with van der Waals surface area (Å²) in [4.78, 5) is 0. The number of rotatable bonds is 6. The number of ether oxygens (including phenoxy) is 1. The maximum atomic E-state index is 12.0. The summed E-state index contributed by atoms with van der Waals surface area (Å²) in [6.07, 6.45) is -0.342. The van der Waals surface area contributed by atoms with Crippen molar-refractivity contribution in [2.45, 2.75) is 51.7 Å². The molecule has 0 aromatic rings. The van der Waals surface area contributed by atoms with Gasteiger partial charge < -0.3 is 4.74 Å². The highest BCUT2D eigenvalue weighted by atomic mass is 19.4. The molecule has 3 N–H and O–H groups in total. The molecule has 19 heavy (non-hydrogen) atoms. The predicted octanol–water partition coefficient (Wildman–Crippen LogP) is 2.86. The fourth-order valence-electron chi connectivity index (χ4n) is 3.19. The van der Waals surface area contributed by atoms with E-state index in [1.165, 1.54) is 6.42 Å². The van der Waals surface area contributed by atoms with Crippen molar-refractivity contribution in [2.75, 3.05) is 13.2 Å². The molecular weight excluding hydrogens is 257 g/mol. The average Bonchev–Trinajstić information content (AvgIpc) is 2.26. The van der Waals surface area contributed by atoms with E-state index in [4.69, 9.17) is 5.84 Å². The SMILES string of the molecule is CC1CC(C)CC(C(CCOCC(F)(F)F)NN)C1. The second kappa shape index (κ2) is 7.45. The summed E-state index contributed by atoms with van der Waals surface area (Å²) in [6.45, 7) is 3.35. The van der Waals surface area contributed by atoms with Crippen molar-refractivity contribution in [3.63, 3.8) is 0 Å². The predicted molar refractivity (Wildman–Crippen MR) is 68.3 cm³/mol. The van der Waals surface area contributed by atoms with Crippen LogP contribution in [0.25, 0.3) is 0 Å². The Balaban J connectivity index is 2.32. The number of halogens is 3. The second-order valence-corrected chi connectivity index (χ2v) is 5.91. The summed E-state index contributed by atoms with van der Waals surface area (Å²) < 4.78 is 40.5. The van der Waals surface area contributed by atoms with Gasteiger partial charge in [-0.3, -0.25) is 11.3 Å². The van der Waals surface area contributed by atoms with Gasteiger partial charge in [0.1, 0.15) is 6.61 Å². The van der Waals surface area contributed by atoms with Gasteiger partial charge >= 0.3 is 6.18 Å². The van der Waals surface area contributed by atoms with Crippen LogP contribution in [0.2, 0.25) is 0 Å². The molecule has 0 aromatic heterocycles. The summed E-state index contributed by atoms with van der Waals surface area (Å²) in [5, 5.41) is 0. The van der Waals surface area contributed by atoms with Gasteiger partial charge in [-0.1, -0.05) is 13.8 Å². The smallest absolute Gasteiger partial charge is 0.372 e. The van der Waals surface area contributed by atoms with Gasteiger partial charge in [0.15, 0.2) is 0 Å². The normalized spacial score (nSPS) is 30.3. The van der Waals surface area contributed by atoms with Gasteiger partial charge in [-0.15, -0.1) is 0 Å². The van der Waals surface area contributed by atoms with E-state index in [0.29, 0.717) is 24.2 Å². The van der Waals surface area contributed by atoms with E-state index >= 15 is 0 Å². The Morgan fingerprint density at radius 3 is 2.26 bits per heavy atom. The van der Waals surface area contributed by atoms with Crippen LogP contribution in [-0.4, -0.2) is 25.4 Å².